The van der Waals surface area contributed by atoms with Crippen molar-refractivity contribution in [2.24, 2.45) is 5.41 Å². The first kappa shape index (κ1) is 52.5. The molecule has 0 aromatic heterocycles. The van der Waals surface area contributed by atoms with Gasteiger partial charge in [0.25, 0.3) is 25.8 Å². The number of carbonyl (C=O) groups excluding carboxylic acids is 1. The number of rotatable bonds is 19. The van der Waals surface area contributed by atoms with E-state index in [1.807, 2.05) is 29.0 Å². The predicted molar refractivity (Wildman–Crippen MR) is 259 cm³/mol. The standard InChI is InChI=1S/C46H56ClF3N5O8PS3/c1-45(2)21-19-41(33-9-13-36(47)14-10-33)35(30-45)31-54-23-25-55(26-24-54)38-15-11-34(12-16-38)44(56)52-67(62,63)40-17-18-42(43(29-40)66(60,61)46(48,49)50)51-37(32-65-39-7-5-4-6-8-39)20-22-53(3)27-28-64(57,58)59/h4-18,29,37,51H,19-28,30-32H2,1-3H3,(H,52,56)(H2,57,58,59)/t37-/m1/s1. The molecule has 364 valence electrons. The van der Waals surface area contributed by atoms with Gasteiger partial charge in [-0.15, -0.1) is 11.8 Å². The van der Waals surface area contributed by atoms with Crippen LogP contribution in [0.5, 0.6) is 0 Å². The lowest BCUT2D eigenvalue weighted by Gasteiger charge is -2.39. The summed E-state index contributed by atoms with van der Waals surface area (Å²) >= 11 is 7.51. The van der Waals surface area contributed by atoms with E-state index in [0.29, 0.717) is 24.2 Å². The Labute approximate surface area is 400 Å². The monoisotopic (exact) mass is 1030 g/mol. The van der Waals surface area contributed by atoms with Crippen LogP contribution in [0.1, 0.15) is 55.5 Å². The number of allylic oxidation sites excluding steroid dienone is 1. The zero-order valence-corrected chi connectivity index (χ0v) is 41.5. The number of amides is 1. The molecule has 1 aliphatic carbocycles. The predicted octanol–water partition coefficient (Wildman–Crippen LogP) is 8.61. The van der Waals surface area contributed by atoms with Crippen LogP contribution < -0.4 is 14.9 Å². The minimum absolute atomic E-state index is 0.0159. The van der Waals surface area contributed by atoms with Crippen molar-refractivity contribution in [3.63, 3.8) is 0 Å². The Morgan fingerprint density at radius 3 is 2.21 bits per heavy atom. The van der Waals surface area contributed by atoms with Crippen molar-refractivity contribution in [2.75, 3.05) is 75.0 Å². The molecule has 0 saturated carbocycles. The fourth-order valence-electron chi connectivity index (χ4n) is 8.12. The molecule has 1 aliphatic heterocycles. The maximum absolute atomic E-state index is 14.2. The van der Waals surface area contributed by atoms with E-state index in [4.69, 9.17) is 11.6 Å². The van der Waals surface area contributed by atoms with Gasteiger partial charge in [0.15, 0.2) is 0 Å². The molecule has 67 heavy (non-hydrogen) atoms. The molecule has 21 heteroatoms. The lowest BCUT2D eigenvalue weighted by Crippen LogP contribution is -2.47. The molecule has 0 bridgehead atoms. The average molecular weight is 1030 g/mol. The maximum atomic E-state index is 14.2. The van der Waals surface area contributed by atoms with E-state index in [1.165, 1.54) is 40.6 Å². The van der Waals surface area contributed by atoms with E-state index in [2.05, 4.69) is 41.1 Å². The van der Waals surface area contributed by atoms with Crippen molar-refractivity contribution >= 4 is 73.7 Å². The quantitative estimate of drug-likeness (QED) is 0.0519. The van der Waals surface area contributed by atoms with Gasteiger partial charge in [0, 0.05) is 72.2 Å². The van der Waals surface area contributed by atoms with Crippen LogP contribution in [0, 0.1) is 5.41 Å². The Morgan fingerprint density at radius 1 is 0.925 bits per heavy atom. The molecule has 2 aliphatic rings. The average Bonchev–Trinajstić information content (AvgIpc) is 3.26. The number of hydrogen-bond acceptors (Lipinski definition) is 11. The lowest BCUT2D eigenvalue weighted by molar-refractivity contribution is -0.0436. The fraction of sp³-hybridized carbons (Fsp3) is 0.413. The number of anilines is 2. The van der Waals surface area contributed by atoms with E-state index in [0.717, 1.165) is 61.6 Å². The molecule has 13 nitrogen and oxygen atoms in total. The number of halogens is 4. The van der Waals surface area contributed by atoms with Crippen LogP contribution in [-0.2, 0) is 24.4 Å². The summed E-state index contributed by atoms with van der Waals surface area (Å²) in [5, 5.41) is 3.56. The fourth-order valence-corrected chi connectivity index (χ4v) is 11.9. The van der Waals surface area contributed by atoms with E-state index in [1.54, 1.807) is 42.3 Å². The van der Waals surface area contributed by atoms with Gasteiger partial charge in [-0.3, -0.25) is 14.3 Å². The summed E-state index contributed by atoms with van der Waals surface area (Å²) in [5.41, 5.74) is -1.35. The number of benzene rings is 4. The van der Waals surface area contributed by atoms with E-state index < -0.39 is 66.6 Å². The Bertz CT molecular complexity index is 2670. The number of alkyl halides is 3. The van der Waals surface area contributed by atoms with E-state index in [-0.39, 0.29) is 36.2 Å². The van der Waals surface area contributed by atoms with Gasteiger partial charge in [-0.2, -0.15) is 13.2 Å². The second kappa shape index (κ2) is 21.8. The molecule has 4 N–H and O–H groups in total. The number of carbonyl (C=O) groups is 1. The zero-order valence-electron chi connectivity index (χ0n) is 37.4. The number of nitrogens with one attached hydrogen (secondary N) is 2. The number of thioether (sulfide) groups is 1. The van der Waals surface area contributed by atoms with Crippen LogP contribution in [0.2, 0.25) is 5.02 Å². The first-order valence-electron chi connectivity index (χ1n) is 21.6. The molecule has 0 spiro atoms. The molecule has 0 radical (unpaired) electrons. The normalized spacial score (nSPS) is 16.8. The number of sulfone groups is 1. The van der Waals surface area contributed by atoms with Gasteiger partial charge in [-0.05, 0) is 123 Å². The SMILES string of the molecule is CN(CC[C@H](CSc1ccccc1)Nc1ccc(S(=O)(=O)NC(=O)c2ccc(N3CCN(CC4=C(c5ccc(Cl)cc5)CCC(C)(C)C4)CC3)cc2)cc1S(=O)(=O)C(F)(F)F)CCP(=O)(O)O. The van der Waals surface area contributed by atoms with Crippen LogP contribution in [-0.4, -0.2) is 119 Å². The molecule has 1 saturated heterocycles. The smallest absolute Gasteiger partial charge is 0.380 e. The highest BCUT2D eigenvalue weighted by Gasteiger charge is 2.48. The number of piperazine rings is 1. The topological polar surface area (TPSA) is 177 Å². The molecule has 4 aromatic rings. The first-order valence-corrected chi connectivity index (χ1v) is 27.8. The molecule has 1 fully saturated rings. The molecule has 1 amide bonds. The Hall–Kier alpha value is -3.91. The third kappa shape index (κ3) is 14.6. The van der Waals surface area contributed by atoms with Crippen molar-refractivity contribution in [1.82, 2.24) is 14.5 Å². The minimum atomic E-state index is -6.14. The van der Waals surface area contributed by atoms with Gasteiger partial charge in [0.05, 0.1) is 16.7 Å². The van der Waals surface area contributed by atoms with Crippen molar-refractivity contribution < 1.29 is 49.2 Å². The van der Waals surface area contributed by atoms with Crippen LogP contribution in [0.15, 0.2) is 117 Å². The third-order valence-corrected chi connectivity index (χ3v) is 17.0. The Balaban J connectivity index is 1.13. The maximum Gasteiger partial charge on any atom is 0.501 e. The molecule has 4 aromatic carbocycles. The van der Waals surface area contributed by atoms with Crippen LogP contribution in [0.25, 0.3) is 5.57 Å². The van der Waals surface area contributed by atoms with Gasteiger partial charge in [0.2, 0.25) is 0 Å². The number of nitrogens with zero attached hydrogens (tertiary/aromatic N) is 3. The molecular formula is C46H56ClF3N5O8PS3. The number of hydrogen-bond donors (Lipinski definition) is 4. The molecule has 0 unspecified atom stereocenters. The van der Waals surface area contributed by atoms with Gasteiger partial charge in [-0.25, -0.2) is 21.6 Å². The molecular weight excluding hydrogens is 970 g/mol. The van der Waals surface area contributed by atoms with Gasteiger partial charge < -0.3 is 24.9 Å². The van der Waals surface area contributed by atoms with Crippen molar-refractivity contribution in [3.05, 3.63) is 119 Å². The van der Waals surface area contributed by atoms with Crippen molar-refractivity contribution in [2.45, 2.75) is 65.8 Å². The van der Waals surface area contributed by atoms with Gasteiger partial charge >= 0.3 is 13.1 Å². The van der Waals surface area contributed by atoms with E-state index in [9.17, 15) is 49.2 Å². The van der Waals surface area contributed by atoms with Crippen LogP contribution in [0.4, 0.5) is 24.5 Å². The summed E-state index contributed by atoms with van der Waals surface area (Å²) in [6.07, 6.45) is 2.88. The van der Waals surface area contributed by atoms with Gasteiger partial charge in [0.1, 0.15) is 4.90 Å². The summed E-state index contributed by atoms with van der Waals surface area (Å²) in [4.78, 5) is 36.7. The zero-order chi connectivity index (χ0) is 48.8. The Kier molecular flexibility index (Phi) is 17.1. The van der Waals surface area contributed by atoms with Crippen molar-refractivity contribution in [1.29, 1.82) is 0 Å². The summed E-state index contributed by atoms with van der Waals surface area (Å²) in [7, 11) is -13.7. The van der Waals surface area contributed by atoms with Crippen LogP contribution >= 0.6 is 31.0 Å². The first-order chi connectivity index (χ1) is 31.4. The highest BCUT2D eigenvalue weighted by Crippen LogP contribution is 2.43. The summed E-state index contributed by atoms with van der Waals surface area (Å²) in [5.74, 6) is -0.851. The van der Waals surface area contributed by atoms with E-state index >= 15 is 0 Å². The Morgan fingerprint density at radius 2 is 1.58 bits per heavy atom. The highest BCUT2D eigenvalue weighted by molar-refractivity contribution is 7.99. The lowest BCUT2D eigenvalue weighted by atomic mass is 9.73. The number of sulfonamides is 1. The summed E-state index contributed by atoms with van der Waals surface area (Å²) < 4.78 is 109. The minimum Gasteiger partial charge on any atom is -0.380 e. The van der Waals surface area contributed by atoms with Crippen molar-refractivity contribution in [3.8, 4) is 0 Å². The molecule has 1 heterocycles. The third-order valence-electron chi connectivity index (χ3n) is 11.9. The van der Waals surface area contributed by atoms with Crippen LogP contribution in [0.3, 0.4) is 0 Å². The van der Waals surface area contributed by atoms with Gasteiger partial charge in [-0.1, -0.05) is 61.4 Å². The highest BCUT2D eigenvalue weighted by atomic mass is 35.5. The summed E-state index contributed by atoms with van der Waals surface area (Å²) in [6, 6.07) is 24.8. The second-order valence-corrected chi connectivity index (χ2v) is 24.6. The molecule has 1 atom stereocenters. The molecule has 6 rings (SSSR count). The summed E-state index contributed by atoms with van der Waals surface area (Å²) in [6.45, 7) is 8.71. The second-order valence-electron chi connectivity index (χ2n) is 17.7. The largest absolute Gasteiger partial charge is 0.501 e.